The predicted molar refractivity (Wildman–Crippen MR) is 84.5 cm³/mol. The second-order valence-corrected chi connectivity index (χ2v) is 6.46. The molecule has 1 heterocycles. The highest BCUT2D eigenvalue weighted by atomic mass is 16.2. The van der Waals surface area contributed by atoms with E-state index in [0.29, 0.717) is 17.5 Å². The van der Waals surface area contributed by atoms with Gasteiger partial charge in [-0.25, -0.2) is 4.98 Å². The molecular formula is C16H24N4O. The van der Waals surface area contributed by atoms with Crippen LogP contribution < -0.4 is 5.32 Å². The number of aromatic amines is 1. The molecule has 21 heavy (non-hydrogen) atoms. The Kier molecular flexibility index (Phi) is 4.30. The normalized spacial score (nSPS) is 16.5. The highest BCUT2D eigenvalue weighted by Gasteiger charge is 2.35. The first kappa shape index (κ1) is 15.5. The van der Waals surface area contributed by atoms with Gasteiger partial charge in [0.05, 0.1) is 11.9 Å². The summed E-state index contributed by atoms with van der Waals surface area (Å²) in [6.45, 7) is 7.75. The highest BCUT2D eigenvalue weighted by molar-refractivity contribution is 5.97. The van der Waals surface area contributed by atoms with Gasteiger partial charge in [-0.2, -0.15) is 0 Å². The predicted octanol–water partition coefficient (Wildman–Crippen LogP) is 3.16. The Bertz CT molecular complexity index is 579. The summed E-state index contributed by atoms with van der Waals surface area (Å²) < 4.78 is 0. The summed E-state index contributed by atoms with van der Waals surface area (Å²) in [4.78, 5) is 19.5. The van der Waals surface area contributed by atoms with Crippen LogP contribution in [0.15, 0.2) is 12.3 Å². The second-order valence-electron chi connectivity index (χ2n) is 6.46. The third-order valence-corrected chi connectivity index (χ3v) is 4.21. The van der Waals surface area contributed by atoms with E-state index in [0.717, 1.165) is 11.3 Å². The third kappa shape index (κ3) is 3.60. The van der Waals surface area contributed by atoms with Crippen molar-refractivity contribution in [3.05, 3.63) is 23.8 Å². The fraction of sp³-hybridized carbons (Fsp3) is 0.562. The first-order chi connectivity index (χ1) is 9.79. The maximum Gasteiger partial charge on any atom is 0.287 e. The lowest BCUT2D eigenvalue weighted by molar-refractivity contribution is 0.0817. The molecule has 114 valence electrons. The van der Waals surface area contributed by atoms with Crippen LogP contribution in [0.1, 0.15) is 63.3 Å². The molecule has 0 aliphatic heterocycles. The average Bonchev–Trinajstić information content (AvgIpc) is 2.72. The Morgan fingerprint density at radius 1 is 1.48 bits per heavy atom. The molecule has 1 fully saturated rings. The van der Waals surface area contributed by atoms with Crippen molar-refractivity contribution in [3.63, 3.8) is 0 Å². The van der Waals surface area contributed by atoms with Gasteiger partial charge in [-0.3, -0.25) is 4.79 Å². The van der Waals surface area contributed by atoms with Crippen LogP contribution in [0, 0.1) is 11.3 Å². The minimum Gasteiger partial charge on any atom is -0.344 e. The summed E-state index contributed by atoms with van der Waals surface area (Å²) in [5, 5.41) is 10.5. The molecule has 0 unspecified atom stereocenters. The molecule has 1 aliphatic rings. The fourth-order valence-electron chi connectivity index (χ4n) is 2.62. The Morgan fingerprint density at radius 3 is 2.67 bits per heavy atom. The molecule has 3 N–H and O–H groups in total. The van der Waals surface area contributed by atoms with Gasteiger partial charge in [0.2, 0.25) is 0 Å². The van der Waals surface area contributed by atoms with E-state index in [9.17, 15) is 4.79 Å². The number of carbonyl (C=O) groups is 1. The van der Waals surface area contributed by atoms with Crippen LogP contribution in [0.3, 0.4) is 0 Å². The summed E-state index contributed by atoms with van der Waals surface area (Å²) in [7, 11) is 0. The highest BCUT2D eigenvalue weighted by Crippen LogP contribution is 2.35. The number of allylic oxidation sites excluding steroid dienone is 2. The fourth-order valence-corrected chi connectivity index (χ4v) is 2.62. The average molecular weight is 288 g/mol. The van der Waals surface area contributed by atoms with Crippen LogP contribution in [-0.4, -0.2) is 27.1 Å². The number of nitrogens with zero attached hydrogens (tertiary/aromatic N) is 1. The van der Waals surface area contributed by atoms with Crippen molar-refractivity contribution in [2.75, 3.05) is 0 Å². The van der Waals surface area contributed by atoms with Crippen LogP contribution >= 0.6 is 0 Å². The molecule has 0 spiro atoms. The number of nitrogens with one attached hydrogen (secondary N) is 3. The van der Waals surface area contributed by atoms with Crippen LogP contribution in [0.4, 0.5) is 0 Å². The molecule has 5 heteroatoms. The first-order valence-corrected chi connectivity index (χ1v) is 7.41. The Morgan fingerprint density at radius 2 is 2.14 bits per heavy atom. The summed E-state index contributed by atoms with van der Waals surface area (Å²) >= 11 is 0. The van der Waals surface area contributed by atoms with E-state index < -0.39 is 0 Å². The summed E-state index contributed by atoms with van der Waals surface area (Å²) in [6, 6.07) is 0. The second kappa shape index (κ2) is 5.84. The van der Waals surface area contributed by atoms with E-state index in [-0.39, 0.29) is 11.4 Å². The van der Waals surface area contributed by atoms with Crippen LogP contribution in [0.2, 0.25) is 0 Å². The zero-order chi connectivity index (χ0) is 15.6. The van der Waals surface area contributed by atoms with E-state index >= 15 is 0 Å². The van der Waals surface area contributed by atoms with Crippen molar-refractivity contribution < 1.29 is 4.79 Å². The van der Waals surface area contributed by atoms with Gasteiger partial charge in [0.15, 0.2) is 5.82 Å². The lowest BCUT2D eigenvalue weighted by Crippen LogP contribution is -2.51. The van der Waals surface area contributed by atoms with Crippen LogP contribution in [0.5, 0.6) is 0 Å². The van der Waals surface area contributed by atoms with Gasteiger partial charge in [-0.1, -0.05) is 6.42 Å². The molecule has 5 nitrogen and oxygen atoms in total. The summed E-state index contributed by atoms with van der Waals surface area (Å²) in [5.41, 5.74) is 1.94. The third-order valence-electron chi connectivity index (χ3n) is 4.21. The van der Waals surface area contributed by atoms with Crippen molar-refractivity contribution >= 4 is 17.2 Å². The summed E-state index contributed by atoms with van der Waals surface area (Å²) in [6.07, 6.45) is 6.99. The molecule has 0 atom stereocenters. The molecule has 0 radical (unpaired) electrons. The smallest absolute Gasteiger partial charge is 0.287 e. The largest absolute Gasteiger partial charge is 0.344 e. The maximum atomic E-state index is 12.3. The van der Waals surface area contributed by atoms with Gasteiger partial charge in [0.25, 0.3) is 5.91 Å². The molecule has 0 aromatic carbocycles. The SMILES string of the molecule is CC(=N)/C=C(/C)c1cnc(C(=O)NC(C)(C)C2CCC2)[nH]1. The van der Waals surface area contributed by atoms with Crippen molar-refractivity contribution in [2.24, 2.45) is 5.92 Å². The molecule has 2 rings (SSSR count). The van der Waals surface area contributed by atoms with E-state index in [2.05, 4.69) is 29.1 Å². The molecule has 1 aromatic heterocycles. The van der Waals surface area contributed by atoms with Crippen molar-refractivity contribution in [1.29, 1.82) is 5.41 Å². The summed E-state index contributed by atoms with van der Waals surface area (Å²) in [5.74, 6) is 0.711. The lowest BCUT2D eigenvalue weighted by Gasteiger charge is -2.40. The van der Waals surface area contributed by atoms with Crippen molar-refractivity contribution in [3.8, 4) is 0 Å². The number of hydrogen-bond donors (Lipinski definition) is 3. The van der Waals surface area contributed by atoms with E-state index in [1.807, 2.05) is 6.92 Å². The number of rotatable bonds is 5. The van der Waals surface area contributed by atoms with E-state index in [1.54, 1.807) is 19.2 Å². The number of H-pyrrole nitrogens is 1. The zero-order valence-corrected chi connectivity index (χ0v) is 13.2. The van der Waals surface area contributed by atoms with Crippen molar-refractivity contribution in [1.82, 2.24) is 15.3 Å². The van der Waals surface area contributed by atoms with Crippen LogP contribution in [0.25, 0.3) is 5.57 Å². The molecule has 1 aliphatic carbocycles. The zero-order valence-electron chi connectivity index (χ0n) is 13.2. The van der Waals surface area contributed by atoms with E-state index in [4.69, 9.17) is 5.41 Å². The van der Waals surface area contributed by atoms with Gasteiger partial charge in [0, 0.05) is 11.3 Å². The molecule has 1 amide bonds. The topological polar surface area (TPSA) is 81.6 Å². The Labute approximate surface area is 125 Å². The molecule has 0 bridgehead atoms. The minimum atomic E-state index is -0.196. The number of amides is 1. The maximum absolute atomic E-state index is 12.3. The number of carbonyl (C=O) groups excluding carboxylic acids is 1. The molecular weight excluding hydrogens is 264 g/mol. The Hall–Kier alpha value is -1.91. The monoisotopic (exact) mass is 288 g/mol. The van der Waals surface area contributed by atoms with E-state index in [1.165, 1.54) is 19.3 Å². The number of imidazole rings is 1. The molecule has 0 saturated heterocycles. The van der Waals surface area contributed by atoms with Gasteiger partial charge in [-0.05, 0) is 58.1 Å². The van der Waals surface area contributed by atoms with Gasteiger partial charge in [0.1, 0.15) is 0 Å². The number of aromatic nitrogens is 2. The van der Waals surface area contributed by atoms with Gasteiger partial charge >= 0.3 is 0 Å². The van der Waals surface area contributed by atoms with Gasteiger partial charge < -0.3 is 15.7 Å². The quantitative estimate of drug-likeness (QED) is 0.727. The van der Waals surface area contributed by atoms with Gasteiger partial charge in [-0.15, -0.1) is 0 Å². The lowest BCUT2D eigenvalue weighted by atomic mass is 9.72. The minimum absolute atomic E-state index is 0.169. The number of hydrogen-bond acceptors (Lipinski definition) is 3. The standard InChI is InChI=1S/C16H24N4O/c1-10(8-11(2)17)13-9-18-14(19-13)15(21)20-16(3,4)12-6-5-7-12/h8-9,12,17H,5-7H2,1-4H3,(H,18,19)(H,20,21)/b10-8-,17-11?. The van der Waals surface area contributed by atoms with Crippen LogP contribution in [-0.2, 0) is 0 Å². The first-order valence-electron chi connectivity index (χ1n) is 7.41. The van der Waals surface area contributed by atoms with Crippen molar-refractivity contribution in [2.45, 2.75) is 52.5 Å². The molecule has 1 aromatic rings. The Balaban J connectivity index is 2.07. The molecule has 1 saturated carbocycles.